The fraction of sp³-hybridized carbons (Fsp3) is 0.385. The highest BCUT2D eigenvalue weighted by molar-refractivity contribution is 5.79. The Balaban J connectivity index is 2.70. The van der Waals surface area contributed by atoms with Crippen molar-refractivity contribution in [3.8, 4) is 0 Å². The summed E-state index contributed by atoms with van der Waals surface area (Å²) in [4.78, 5) is 22.1. The summed E-state index contributed by atoms with van der Waals surface area (Å²) in [5, 5.41) is 10.9. The van der Waals surface area contributed by atoms with Crippen molar-refractivity contribution in [3.05, 3.63) is 35.4 Å². The van der Waals surface area contributed by atoms with E-state index in [1.807, 2.05) is 0 Å². The second kappa shape index (κ2) is 6.40. The maximum atomic E-state index is 12.7. The molecular formula is C13H14F3NO3. The molecule has 7 heteroatoms. The van der Waals surface area contributed by atoms with Crippen molar-refractivity contribution in [3.63, 3.8) is 0 Å². The number of rotatable bonds is 5. The first-order chi connectivity index (χ1) is 9.21. The zero-order valence-electron chi connectivity index (χ0n) is 10.7. The SMILES string of the molecule is C[C@H](CNC(=O)Cc1ccccc1C(F)(F)F)C(=O)O. The average molecular weight is 289 g/mol. The van der Waals surface area contributed by atoms with Crippen LogP contribution in [0.2, 0.25) is 0 Å². The molecule has 0 saturated carbocycles. The normalized spacial score (nSPS) is 12.8. The van der Waals surface area contributed by atoms with E-state index in [0.717, 1.165) is 6.07 Å². The Morgan fingerprint density at radius 3 is 2.45 bits per heavy atom. The monoisotopic (exact) mass is 289 g/mol. The first kappa shape index (κ1) is 16.0. The van der Waals surface area contributed by atoms with E-state index in [2.05, 4.69) is 5.32 Å². The highest BCUT2D eigenvalue weighted by atomic mass is 19.4. The molecule has 1 amide bonds. The van der Waals surface area contributed by atoms with E-state index >= 15 is 0 Å². The summed E-state index contributed by atoms with van der Waals surface area (Å²) >= 11 is 0. The van der Waals surface area contributed by atoms with E-state index in [-0.39, 0.29) is 12.1 Å². The molecule has 1 rings (SSSR count). The van der Waals surface area contributed by atoms with Gasteiger partial charge in [-0.15, -0.1) is 0 Å². The van der Waals surface area contributed by atoms with Gasteiger partial charge in [0.2, 0.25) is 5.91 Å². The van der Waals surface area contributed by atoms with Crippen LogP contribution in [-0.4, -0.2) is 23.5 Å². The molecule has 1 aromatic carbocycles. The smallest absolute Gasteiger partial charge is 0.416 e. The minimum atomic E-state index is -4.52. The third kappa shape index (κ3) is 4.56. The largest absolute Gasteiger partial charge is 0.481 e. The number of benzene rings is 1. The number of hydrogen-bond donors (Lipinski definition) is 2. The quantitative estimate of drug-likeness (QED) is 0.872. The second-order valence-corrected chi connectivity index (χ2v) is 4.38. The van der Waals surface area contributed by atoms with E-state index in [0.29, 0.717) is 0 Å². The molecular weight excluding hydrogens is 275 g/mol. The van der Waals surface area contributed by atoms with Crippen LogP contribution >= 0.6 is 0 Å². The third-order valence-electron chi connectivity index (χ3n) is 2.70. The third-order valence-corrected chi connectivity index (χ3v) is 2.70. The maximum absolute atomic E-state index is 12.7. The first-order valence-electron chi connectivity index (χ1n) is 5.86. The molecule has 2 N–H and O–H groups in total. The highest BCUT2D eigenvalue weighted by Gasteiger charge is 2.33. The van der Waals surface area contributed by atoms with Crippen LogP contribution in [0.4, 0.5) is 13.2 Å². The molecule has 1 atom stereocenters. The average Bonchev–Trinajstić information content (AvgIpc) is 2.35. The number of nitrogens with one attached hydrogen (secondary N) is 1. The molecule has 1 aromatic rings. The second-order valence-electron chi connectivity index (χ2n) is 4.38. The Kier molecular flexibility index (Phi) is 5.12. The van der Waals surface area contributed by atoms with Crippen molar-refractivity contribution in [2.24, 2.45) is 5.92 Å². The summed E-state index contributed by atoms with van der Waals surface area (Å²) in [6.45, 7) is 1.27. The molecule has 4 nitrogen and oxygen atoms in total. The summed E-state index contributed by atoms with van der Waals surface area (Å²) in [5.41, 5.74) is -0.998. The van der Waals surface area contributed by atoms with Crippen molar-refractivity contribution in [2.75, 3.05) is 6.54 Å². The molecule has 0 aromatic heterocycles. The van der Waals surface area contributed by atoms with Gasteiger partial charge in [0.05, 0.1) is 17.9 Å². The molecule has 0 bridgehead atoms. The van der Waals surface area contributed by atoms with Gasteiger partial charge in [0.15, 0.2) is 0 Å². The zero-order valence-corrected chi connectivity index (χ0v) is 10.7. The summed E-state index contributed by atoms with van der Waals surface area (Å²) in [7, 11) is 0. The summed E-state index contributed by atoms with van der Waals surface area (Å²) in [5.74, 6) is -2.52. The van der Waals surface area contributed by atoms with Crippen LogP contribution < -0.4 is 5.32 Å². The summed E-state index contributed by atoms with van der Waals surface area (Å²) in [6, 6.07) is 4.79. The number of halogens is 3. The van der Waals surface area contributed by atoms with Crippen molar-refractivity contribution in [2.45, 2.75) is 19.5 Å². The van der Waals surface area contributed by atoms with E-state index in [9.17, 15) is 22.8 Å². The number of carbonyl (C=O) groups excluding carboxylic acids is 1. The standard InChI is InChI=1S/C13H14F3NO3/c1-8(12(19)20)7-17-11(18)6-9-4-2-3-5-10(9)13(14,15)16/h2-5,8H,6-7H2,1H3,(H,17,18)(H,19,20)/t8-/m1/s1. The molecule has 0 aliphatic rings. The molecule has 0 radical (unpaired) electrons. The van der Waals surface area contributed by atoms with Gasteiger partial charge >= 0.3 is 12.1 Å². The Labute approximate surface area is 113 Å². The molecule has 0 aliphatic heterocycles. The summed E-state index contributed by atoms with van der Waals surface area (Å²) in [6.07, 6.45) is -4.97. The van der Waals surface area contributed by atoms with Crippen LogP contribution in [0, 0.1) is 5.92 Å². The fourth-order valence-corrected chi connectivity index (χ4v) is 1.54. The van der Waals surface area contributed by atoms with Gasteiger partial charge in [-0.05, 0) is 11.6 Å². The molecule has 0 heterocycles. The molecule has 0 spiro atoms. The first-order valence-corrected chi connectivity index (χ1v) is 5.86. The Hall–Kier alpha value is -2.05. The molecule has 0 saturated heterocycles. The van der Waals surface area contributed by atoms with Gasteiger partial charge in [-0.1, -0.05) is 25.1 Å². The van der Waals surface area contributed by atoms with Gasteiger partial charge in [0.1, 0.15) is 0 Å². The number of aliphatic carboxylic acids is 1. The zero-order chi connectivity index (χ0) is 15.3. The van der Waals surface area contributed by atoms with Crippen LogP contribution in [0.15, 0.2) is 24.3 Å². The lowest BCUT2D eigenvalue weighted by molar-refractivity contribution is -0.141. The lowest BCUT2D eigenvalue weighted by Crippen LogP contribution is -2.32. The Morgan fingerprint density at radius 1 is 1.30 bits per heavy atom. The van der Waals surface area contributed by atoms with Gasteiger partial charge < -0.3 is 10.4 Å². The number of amides is 1. The number of hydrogen-bond acceptors (Lipinski definition) is 2. The van der Waals surface area contributed by atoms with Crippen molar-refractivity contribution >= 4 is 11.9 Å². The van der Waals surface area contributed by atoms with Gasteiger partial charge in [-0.2, -0.15) is 13.2 Å². The van der Waals surface area contributed by atoms with E-state index in [4.69, 9.17) is 5.11 Å². The van der Waals surface area contributed by atoms with Gasteiger partial charge in [-0.3, -0.25) is 9.59 Å². The topological polar surface area (TPSA) is 66.4 Å². The lowest BCUT2D eigenvalue weighted by Gasteiger charge is -2.13. The Bertz CT molecular complexity index is 500. The Morgan fingerprint density at radius 2 is 1.90 bits per heavy atom. The van der Waals surface area contributed by atoms with E-state index in [1.165, 1.54) is 25.1 Å². The van der Waals surface area contributed by atoms with Crippen LogP contribution in [0.5, 0.6) is 0 Å². The number of carbonyl (C=O) groups is 2. The molecule has 0 aliphatic carbocycles. The molecule has 110 valence electrons. The van der Waals surface area contributed by atoms with Gasteiger partial charge in [-0.25, -0.2) is 0 Å². The van der Waals surface area contributed by atoms with E-state index in [1.54, 1.807) is 0 Å². The molecule has 0 fully saturated rings. The molecule has 0 unspecified atom stereocenters. The summed E-state index contributed by atoms with van der Waals surface area (Å²) < 4.78 is 38.1. The highest BCUT2D eigenvalue weighted by Crippen LogP contribution is 2.31. The number of carboxylic acids is 1. The van der Waals surface area contributed by atoms with E-state index < -0.39 is 36.0 Å². The van der Waals surface area contributed by atoms with Gasteiger partial charge in [0.25, 0.3) is 0 Å². The van der Waals surface area contributed by atoms with Gasteiger partial charge in [0, 0.05) is 6.54 Å². The number of alkyl halides is 3. The fourth-order valence-electron chi connectivity index (χ4n) is 1.54. The van der Waals surface area contributed by atoms with Crippen LogP contribution in [-0.2, 0) is 22.2 Å². The van der Waals surface area contributed by atoms with Crippen LogP contribution in [0.3, 0.4) is 0 Å². The number of carboxylic acid groups (broad SMARTS) is 1. The van der Waals surface area contributed by atoms with Crippen LogP contribution in [0.25, 0.3) is 0 Å². The van der Waals surface area contributed by atoms with Crippen molar-refractivity contribution < 1.29 is 27.9 Å². The van der Waals surface area contributed by atoms with Crippen LogP contribution in [0.1, 0.15) is 18.1 Å². The minimum Gasteiger partial charge on any atom is -0.481 e. The lowest BCUT2D eigenvalue weighted by atomic mass is 10.0. The predicted octanol–water partition coefficient (Wildman–Crippen LogP) is 2.08. The maximum Gasteiger partial charge on any atom is 0.416 e. The predicted molar refractivity (Wildman–Crippen MR) is 65.0 cm³/mol. The van der Waals surface area contributed by atoms with Crippen molar-refractivity contribution in [1.29, 1.82) is 0 Å². The minimum absolute atomic E-state index is 0.123. The molecule has 20 heavy (non-hydrogen) atoms. The van der Waals surface area contributed by atoms with Crippen molar-refractivity contribution in [1.82, 2.24) is 5.32 Å².